The van der Waals surface area contributed by atoms with E-state index in [-0.39, 0.29) is 11.8 Å². The van der Waals surface area contributed by atoms with Crippen LogP contribution in [0.3, 0.4) is 0 Å². The molecular weight excluding hydrogens is 356 g/mol. The van der Waals surface area contributed by atoms with Crippen LogP contribution in [0.5, 0.6) is 0 Å². The van der Waals surface area contributed by atoms with Gasteiger partial charge in [0.1, 0.15) is 6.04 Å². The SMILES string of the molecule is CCNC(=O)[C@@H](CC)N(Cc1ccccc1)C(=O)CCSc1ccccc1. The molecule has 5 heteroatoms. The van der Waals surface area contributed by atoms with Gasteiger partial charge in [-0.25, -0.2) is 0 Å². The molecule has 1 atom stereocenters. The maximum Gasteiger partial charge on any atom is 0.242 e. The highest BCUT2D eigenvalue weighted by atomic mass is 32.2. The van der Waals surface area contributed by atoms with Gasteiger partial charge in [0.15, 0.2) is 0 Å². The summed E-state index contributed by atoms with van der Waals surface area (Å²) in [6, 6.07) is 19.4. The van der Waals surface area contributed by atoms with Gasteiger partial charge in [0.2, 0.25) is 11.8 Å². The fraction of sp³-hybridized carbons (Fsp3) is 0.364. The van der Waals surface area contributed by atoms with Gasteiger partial charge in [0, 0.05) is 30.2 Å². The first kappa shape index (κ1) is 21.0. The summed E-state index contributed by atoms with van der Waals surface area (Å²) in [6.07, 6.45) is 0.999. The quantitative estimate of drug-likeness (QED) is 0.627. The molecule has 2 aromatic carbocycles. The lowest BCUT2D eigenvalue weighted by Crippen LogP contribution is -2.49. The summed E-state index contributed by atoms with van der Waals surface area (Å²) < 4.78 is 0. The summed E-state index contributed by atoms with van der Waals surface area (Å²) in [6.45, 7) is 4.85. The van der Waals surface area contributed by atoms with Crippen LogP contribution in [0.2, 0.25) is 0 Å². The van der Waals surface area contributed by atoms with E-state index in [9.17, 15) is 9.59 Å². The third-order valence-corrected chi connectivity index (χ3v) is 5.27. The largest absolute Gasteiger partial charge is 0.355 e. The number of rotatable bonds is 10. The highest BCUT2D eigenvalue weighted by molar-refractivity contribution is 7.99. The lowest BCUT2D eigenvalue weighted by atomic mass is 10.1. The Morgan fingerprint density at radius 1 is 1.00 bits per heavy atom. The number of amides is 2. The van der Waals surface area contributed by atoms with Crippen LogP contribution >= 0.6 is 11.8 Å². The van der Waals surface area contributed by atoms with Crippen LogP contribution in [0.15, 0.2) is 65.6 Å². The van der Waals surface area contributed by atoms with Crippen molar-refractivity contribution in [1.82, 2.24) is 10.2 Å². The number of hydrogen-bond acceptors (Lipinski definition) is 3. The van der Waals surface area contributed by atoms with E-state index in [1.807, 2.05) is 74.5 Å². The van der Waals surface area contributed by atoms with Gasteiger partial charge in [-0.1, -0.05) is 55.5 Å². The molecule has 0 bridgehead atoms. The van der Waals surface area contributed by atoms with E-state index in [0.717, 1.165) is 10.5 Å². The maximum atomic E-state index is 13.0. The fourth-order valence-corrected chi connectivity index (χ4v) is 3.77. The Hall–Kier alpha value is -2.27. The highest BCUT2D eigenvalue weighted by Crippen LogP contribution is 2.20. The lowest BCUT2D eigenvalue weighted by Gasteiger charge is -2.30. The van der Waals surface area contributed by atoms with E-state index in [1.54, 1.807) is 16.7 Å². The van der Waals surface area contributed by atoms with Gasteiger partial charge < -0.3 is 10.2 Å². The summed E-state index contributed by atoms with van der Waals surface area (Å²) in [5, 5.41) is 2.86. The second-order valence-corrected chi connectivity index (χ2v) is 7.41. The first-order valence-electron chi connectivity index (χ1n) is 9.44. The minimum Gasteiger partial charge on any atom is -0.355 e. The van der Waals surface area contributed by atoms with E-state index in [4.69, 9.17) is 0 Å². The Bertz CT molecular complexity index is 707. The van der Waals surface area contributed by atoms with Crippen LogP contribution < -0.4 is 5.32 Å². The number of carbonyl (C=O) groups excluding carboxylic acids is 2. The minimum absolute atomic E-state index is 0.0142. The van der Waals surface area contributed by atoms with E-state index in [2.05, 4.69) is 5.32 Å². The van der Waals surface area contributed by atoms with Gasteiger partial charge in [-0.2, -0.15) is 0 Å². The summed E-state index contributed by atoms with van der Waals surface area (Å²) in [4.78, 5) is 28.4. The zero-order valence-electron chi connectivity index (χ0n) is 16.1. The summed E-state index contributed by atoms with van der Waals surface area (Å²) in [5.41, 5.74) is 1.03. The van der Waals surface area contributed by atoms with Crippen molar-refractivity contribution < 1.29 is 9.59 Å². The molecule has 0 radical (unpaired) electrons. The minimum atomic E-state index is -0.445. The predicted octanol–water partition coefficient (Wildman–Crippen LogP) is 4.11. The van der Waals surface area contributed by atoms with Crippen LogP contribution in [0, 0.1) is 0 Å². The molecule has 0 spiro atoms. The molecule has 2 amide bonds. The van der Waals surface area contributed by atoms with E-state index in [1.165, 1.54) is 0 Å². The number of carbonyl (C=O) groups is 2. The summed E-state index contributed by atoms with van der Waals surface area (Å²) in [5.74, 6) is 0.625. The molecule has 0 aliphatic carbocycles. The number of hydrogen-bond donors (Lipinski definition) is 1. The lowest BCUT2D eigenvalue weighted by molar-refractivity contribution is -0.141. The third kappa shape index (κ3) is 6.75. The zero-order chi connectivity index (χ0) is 19.5. The second-order valence-electron chi connectivity index (χ2n) is 6.24. The monoisotopic (exact) mass is 384 g/mol. The van der Waals surface area contributed by atoms with Crippen LogP contribution in [0.1, 0.15) is 32.3 Å². The first-order valence-corrected chi connectivity index (χ1v) is 10.4. The van der Waals surface area contributed by atoms with Gasteiger partial charge in [-0.05, 0) is 31.0 Å². The number of nitrogens with zero attached hydrogens (tertiary/aromatic N) is 1. The van der Waals surface area contributed by atoms with Gasteiger partial charge in [0.25, 0.3) is 0 Å². The molecule has 2 aromatic rings. The van der Waals surface area contributed by atoms with Gasteiger partial charge in [-0.15, -0.1) is 11.8 Å². The molecule has 0 unspecified atom stereocenters. The third-order valence-electron chi connectivity index (χ3n) is 4.26. The molecule has 0 aliphatic rings. The Morgan fingerprint density at radius 2 is 1.63 bits per heavy atom. The molecule has 0 saturated carbocycles. The Balaban J connectivity index is 2.07. The molecule has 144 valence electrons. The van der Waals surface area contributed by atoms with Gasteiger partial charge >= 0.3 is 0 Å². The summed E-state index contributed by atoms with van der Waals surface area (Å²) in [7, 11) is 0. The highest BCUT2D eigenvalue weighted by Gasteiger charge is 2.27. The number of nitrogens with one attached hydrogen (secondary N) is 1. The van der Waals surface area contributed by atoms with Crippen molar-refractivity contribution in [3.05, 3.63) is 66.2 Å². The first-order chi connectivity index (χ1) is 13.2. The predicted molar refractivity (Wildman–Crippen MR) is 112 cm³/mol. The molecular formula is C22H28N2O2S. The normalized spacial score (nSPS) is 11.6. The Kier molecular flexibility index (Phi) is 8.92. The van der Waals surface area contributed by atoms with Crippen molar-refractivity contribution in [2.75, 3.05) is 12.3 Å². The average Bonchev–Trinajstić information content (AvgIpc) is 2.69. The van der Waals surface area contributed by atoms with Gasteiger partial charge in [-0.3, -0.25) is 9.59 Å². The average molecular weight is 385 g/mol. The van der Waals surface area contributed by atoms with Crippen molar-refractivity contribution in [3.8, 4) is 0 Å². The Labute approximate surface area is 166 Å². The molecule has 27 heavy (non-hydrogen) atoms. The van der Waals surface area contributed by atoms with E-state index >= 15 is 0 Å². The van der Waals surface area contributed by atoms with Crippen LogP contribution in [-0.4, -0.2) is 35.1 Å². The van der Waals surface area contributed by atoms with Crippen molar-refractivity contribution in [1.29, 1.82) is 0 Å². The molecule has 0 aliphatic heterocycles. The molecule has 0 heterocycles. The van der Waals surface area contributed by atoms with E-state index in [0.29, 0.717) is 31.7 Å². The van der Waals surface area contributed by atoms with Crippen LogP contribution in [0.25, 0.3) is 0 Å². The second kappa shape index (κ2) is 11.4. The van der Waals surface area contributed by atoms with Crippen LogP contribution in [0.4, 0.5) is 0 Å². The summed E-state index contributed by atoms with van der Waals surface area (Å²) >= 11 is 1.66. The maximum absolute atomic E-state index is 13.0. The number of benzene rings is 2. The smallest absolute Gasteiger partial charge is 0.242 e. The number of likely N-dealkylation sites (N-methyl/N-ethyl adjacent to an activating group) is 1. The van der Waals surface area contributed by atoms with Crippen molar-refractivity contribution in [2.45, 2.75) is 44.2 Å². The molecule has 1 N–H and O–H groups in total. The zero-order valence-corrected chi connectivity index (χ0v) is 16.9. The van der Waals surface area contributed by atoms with Gasteiger partial charge in [0.05, 0.1) is 0 Å². The molecule has 2 rings (SSSR count). The molecule has 0 aromatic heterocycles. The fourth-order valence-electron chi connectivity index (χ4n) is 2.91. The van der Waals surface area contributed by atoms with Crippen LogP contribution in [-0.2, 0) is 16.1 Å². The topological polar surface area (TPSA) is 49.4 Å². The Morgan fingerprint density at radius 3 is 2.22 bits per heavy atom. The standard InChI is InChI=1S/C22H28N2O2S/c1-3-20(22(26)23-4-2)24(17-18-11-7-5-8-12-18)21(25)15-16-27-19-13-9-6-10-14-19/h5-14,20H,3-4,15-17H2,1-2H3,(H,23,26)/t20-/m1/s1. The van der Waals surface area contributed by atoms with Crippen molar-refractivity contribution in [2.24, 2.45) is 0 Å². The molecule has 4 nitrogen and oxygen atoms in total. The number of thioether (sulfide) groups is 1. The van der Waals surface area contributed by atoms with Crippen molar-refractivity contribution >= 4 is 23.6 Å². The van der Waals surface area contributed by atoms with E-state index < -0.39 is 6.04 Å². The molecule has 0 fully saturated rings. The van der Waals surface area contributed by atoms with Crippen molar-refractivity contribution in [3.63, 3.8) is 0 Å². The molecule has 0 saturated heterocycles.